The van der Waals surface area contributed by atoms with Crippen LogP contribution in [-0.2, 0) is 9.53 Å². The van der Waals surface area contributed by atoms with E-state index < -0.39 is 0 Å². The predicted octanol–water partition coefficient (Wildman–Crippen LogP) is 4.46. The van der Waals surface area contributed by atoms with Crippen LogP contribution in [0.2, 0.25) is 0 Å². The van der Waals surface area contributed by atoms with E-state index in [1.165, 1.54) is 24.3 Å². The summed E-state index contributed by atoms with van der Waals surface area (Å²) < 4.78 is 6.14. The highest BCUT2D eigenvalue weighted by atomic mass is 32.2. The van der Waals surface area contributed by atoms with Gasteiger partial charge in [-0.3, -0.25) is 4.79 Å². The summed E-state index contributed by atoms with van der Waals surface area (Å²) in [5.74, 6) is 3.62. The first-order chi connectivity index (χ1) is 10.00. The molecule has 0 radical (unpaired) electrons. The number of hydrogen-bond acceptors (Lipinski definition) is 3. The van der Waals surface area contributed by atoms with Crippen molar-refractivity contribution in [1.29, 1.82) is 0 Å². The highest BCUT2D eigenvalue weighted by Crippen LogP contribution is 2.43. The number of hydrogen-bond donors (Lipinski definition) is 0. The van der Waals surface area contributed by atoms with Gasteiger partial charge in [0.25, 0.3) is 0 Å². The molecule has 2 nitrogen and oxygen atoms in total. The smallest absolute Gasteiger partial charge is 0.139 e. The molecule has 3 heteroatoms. The Balaban J connectivity index is 1.59. The highest BCUT2D eigenvalue weighted by Gasteiger charge is 2.43. The number of carbonyl (C=O) groups is 1. The first-order valence-electron chi connectivity index (χ1n) is 8.75. The van der Waals surface area contributed by atoms with Gasteiger partial charge in [0, 0.05) is 18.4 Å². The molecule has 1 atom stereocenters. The zero-order valence-corrected chi connectivity index (χ0v) is 14.5. The number of rotatable bonds is 2. The second-order valence-electron chi connectivity index (χ2n) is 8.17. The minimum atomic E-state index is 0.0533. The Bertz CT molecular complexity index is 369. The van der Waals surface area contributed by atoms with Crippen molar-refractivity contribution in [1.82, 2.24) is 0 Å². The Labute approximate surface area is 133 Å². The van der Waals surface area contributed by atoms with Crippen LogP contribution in [0, 0.1) is 17.3 Å². The molecule has 0 bridgehead atoms. The minimum Gasteiger partial charge on any atom is -0.375 e. The van der Waals surface area contributed by atoms with Gasteiger partial charge in [-0.2, -0.15) is 11.8 Å². The van der Waals surface area contributed by atoms with Crippen molar-refractivity contribution in [3.8, 4) is 0 Å². The third-order valence-corrected chi connectivity index (χ3v) is 7.03. The molecule has 0 aromatic carbocycles. The summed E-state index contributed by atoms with van der Waals surface area (Å²) in [4.78, 5) is 12.9. The average Bonchev–Trinajstić information content (AvgIpc) is 2.47. The van der Waals surface area contributed by atoms with Crippen LogP contribution in [0.4, 0.5) is 0 Å². The molecule has 1 saturated carbocycles. The lowest BCUT2D eigenvalue weighted by Crippen LogP contribution is -2.45. The minimum absolute atomic E-state index is 0.0533. The molecule has 2 saturated heterocycles. The first kappa shape index (κ1) is 15.9. The zero-order chi connectivity index (χ0) is 14.9. The summed E-state index contributed by atoms with van der Waals surface area (Å²) in [6.45, 7) is 5.49. The number of carbonyl (C=O) groups excluding carboxylic acids is 1. The lowest BCUT2D eigenvalue weighted by atomic mass is 9.68. The molecule has 0 aromatic rings. The fourth-order valence-electron chi connectivity index (χ4n) is 4.38. The van der Waals surface area contributed by atoms with Crippen LogP contribution in [0.5, 0.6) is 0 Å². The van der Waals surface area contributed by atoms with Gasteiger partial charge >= 0.3 is 0 Å². The molecule has 1 spiro atoms. The molecule has 0 aromatic heterocycles. The topological polar surface area (TPSA) is 26.3 Å². The Kier molecular flexibility index (Phi) is 4.71. The summed E-state index contributed by atoms with van der Waals surface area (Å²) in [6, 6.07) is 0. The highest BCUT2D eigenvalue weighted by molar-refractivity contribution is 7.99. The van der Waals surface area contributed by atoms with Crippen LogP contribution < -0.4 is 0 Å². The van der Waals surface area contributed by atoms with Gasteiger partial charge in [-0.1, -0.05) is 13.8 Å². The summed E-state index contributed by atoms with van der Waals surface area (Å²) in [5.41, 5.74) is 0.506. The van der Waals surface area contributed by atoms with E-state index in [1.54, 1.807) is 0 Å². The second-order valence-corrected chi connectivity index (χ2v) is 9.40. The van der Waals surface area contributed by atoms with Crippen molar-refractivity contribution in [2.45, 2.75) is 70.8 Å². The van der Waals surface area contributed by atoms with Gasteiger partial charge in [-0.15, -0.1) is 0 Å². The van der Waals surface area contributed by atoms with Crippen molar-refractivity contribution in [3.63, 3.8) is 0 Å². The third-order valence-electron chi connectivity index (χ3n) is 6.04. The second kappa shape index (κ2) is 6.23. The van der Waals surface area contributed by atoms with E-state index in [9.17, 15) is 4.79 Å². The number of ether oxygens (including phenoxy) is 1. The first-order valence-corrected chi connectivity index (χ1v) is 9.91. The SMILES string of the molecule is CC1(C)CCC(C(=O)C2CCOC3(CCSCC3)C2)CC1. The number of ketones is 1. The van der Waals surface area contributed by atoms with Crippen LogP contribution >= 0.6 is 11.8 Å². The van der Waals surface area contributed by atoms with Crippen LogP contribution in [-0.4, -0.2) is 29.5 Å². The Morgan fingerprint density at radius 2 is 1.67 bits per heavy atom. The quantitative estimate of drug-likeness (QED) is 0.753. The molecule has 2 heterocycles. The van der Waals surface area contributed by atoms with E-state index >= 15 is 0 Å². The number of Topliss-reactive ketones (excluding diaryl/α,β-unsaturated/α-hetero) is 1. The molecule has 3 fully saturated rings. The van der Waals surface area contributed by atoms with E-state index in [2.05, 4.69) is 13.8 Å². The van der Waals surface area contributed by atoms with E-state index in [0.29, 0.717) is 17.1 Å². The molecule has 21 heavy (non-hydrogen) atoms. The summed E-state index contributed by atoms with van der Waals surface area (Å²) in [6.07, 6.45) is 8.94. The molecule has 1 unspecified atom stereocenters. The van der Waals surface area contributed by atoms with Crippen LogP contribution in [0.15, 0.2) is 0 Å². The lowest BCUT2D eigenvalue weighted by molar-refractivity contribution is -0.143. The fourth-order valence-corrected chi connectivity index (χ4v) is 5.62. The normalized spacial score (nSPS) is 33.0. The molecule has 0 N–H and O–H groups in total. The van der Waals surface area contributed by atoms with Gasteiger partial charge in [0.2, 0.25) is 0 Å². The maximum absolute atomic E-state index is 12.9. The fraction of sp³-hybridized carbons (Fsp3) is 0.944. The van der Waals surface area contributed by atoms with Gasteiger partial charge in [0.1, 0.15) is 5.78 Å². The Morgan fingerprint density at radius 1 is 1.00 bits per heavy atom. The standard InChI is InChI=1S/C18H30O2S/c1-17(2)6-3-14(4-7-17)16(19)15-5-10-20-18(13-15)8-11-21-12-9-18/h14-15H,3-13H2,1-2H3. The van der Waals surface area contributed by atoms with E-state index in [0.717, 1.165) is 45.1 Å². The predicted molar refractivity (Wildman–Crippen MR) is 88.7 cm³/mol. The van der Waals surface area contributed by atoms with Crippen molar-refractivity contribution in [2.24, 2.45) is 17.3 Å². The van der Waals surface area contributed by atoms with Crippen molar-refractivity contribution in [2.75, 3.05) is 18.1 Å². The molecule has 1 aliphatic carbocycles. The maximum atomic E-state index is 12.9. The van der Waals surface area contributed by atoms with Crippen LogP contribution in [0.25, 0.3) is 0 Å². The maximum Gasteiger partial charge on any atom is 0.139 e. The lowest BCUT2D eigenvalue weighted by Gasteiger charge is -2.44. The molecule has 2 aliphatic heterocycles. The van der Waals surface area contributed by atoms with Crippen molar-refractivity contribution in [3.05, 3.63) is 0 Å². The van der Waals surface area contributed by atoms with Gasteiger partial charge in [0.05, 0.1) is 5.60 Å². The number of thioether (sulfide) groups is 1. The molecular weight excluding hydrogens is 280 g/mol. The molecular formula is C18H30O2S. The summed E-state index contributed by atoms with van der Waals surface area (Å²) in [7, 11) is 0. The van der Waals surface area contributed by atoms with Gasteiger partial charge in [-0.05, 0) is 68.3 Å². The van der Waals surface area contributed by atoms with Gasteiger partial charge in [0.15, 0.2) is 0 Å². The molecule has 3 rings (SSSR count). The van der Waals surface area contributed by atoms with Crippen LogP contribution in [0.1, 0.15) is 65.2 Å². The van der Waals surface area contributed by atoms with Gasteiger partial charge < -0.3 is 4.74 Å². The van der Waals surface area contributed by atoms with Gasteiger partial charge in [-0.25, -0.2) is 0 Å². The van der Waals surface area contributed by atoms with Crippen LogP contribution in [0.3, 0.4) is 0 Å². The van der Waals surface area contributed by atoms with E-state index in [4.69, 9.17) is 4.74 Å². The molecule has 3 aliphatic rings. The molecule has 0 amide bonds. The van der Waals surface area contributed by atoms with E-state index in [1.807, 2.05) is 11.8 Å². The Morgan fingerprint density at radius 3 is 2.33 bits per heavy atom. The summed E-state index contributed by atoms with van der Waals surface area (Å²) in [5, 5.41) is 0. The van der Waals surface area contributed by atoms with Crippen molar-refractivity contribution >= 4 is 17.5 Å². The van der Waals surface area contributed by atoms with Crippen molar-refractivity contribution < 1.29 is 9.53 Å². The summed E-state index contributed by atoms with van der Waals surface area (Å²) >= 11 is 2.04. The Hall–Kier alpha value is -0.0200. The molecule has 120 valence electrons. The average molecular weight is 311 g/mol. The monoisotopic (exact) mass is 310 g/mol. The third kappa shape index (κ3) is 3.67. The van der Waals surface area contributed by atoms with E-state index in [-0.39, 0.29) is 11.5 Å². The zero-order valence-electron chi connectivity index (χ0n) is 13.7. The largest absolute Gasteiger partial charge is 0.375 e.